The highest BCUT2D eigenvalue weighted by Crippen LogP contribution is 2.29. The molecule has 0 aliphatic heterocycles. The minimum absolute atomic E-state index is 0.198. The maximum Gasteiger partial charge on any atom is 0.0759 e. The average molecular weight is 292 g/mol. The third kappa shape index (κ3) is 2.77. The molecule has 2 heteroatoms. The van der Waals surface area contributed by atoms with Gasteiger partial charge in [0.15, 0.2) is 0 Å². The van der Waals surface area contributed by atoms with Crippen LogP contribution in [0.25, 0.3) is 10.8 Å². The van der Waals surface area contributed by atoms with E-state index in [0.29, 0.717) is 6.42 Å². The Morgan fingerprint density at radius 2 is 1.62 bits per heavy atom. The number of rotatable bonds is 3. The molecule has 0 aromatic heterocycles. The number of halogens is 1. The van der Waals surface area contributed by atoms with E-state index in [-0.39, 0.29) is 5.92 Å². The van der Waals surface area contributed by atoms with Crippen LogP contribution >= 0.6 is 11.6 Å². The predicted octanol–water partition coefficient (Wildman–Crippen LogP) is 5.34. The molecular weight excluding hydrogens is 278 g/mol. The Kier molecular flexibility index (Phi) is 3.90. The quantitative estimate of drug-likeness (QED) is 0.638. The van der Waals surface area contributed by atoms with Crippen LogP contribution in [0.4, 0.5) is 0 Å². The molecule has 0 spiro atoms. The first-order valence-corrected chi connectivity index (χ1v) is 7.28. The van der Waals surface area contributed by atoms with Gasteiger partial charge in [-0.05, 0) is 34.4 Å². The molecule has 0 saturated carbocycles. The Bertz CT molecular complexity index is 812. The molecule has 102 valence electrons. The van der Waals surface area contributed by atoms with E-state index in [1.54, 1.807) is 0 Å². The molecule has 3 rings (SSSR count). The number of benzene rings is 3. The first-order chi connectivity index (χ1) is 10.3. The summed E-state index contributed by atoms with van der Waals surface area (Å²) < 4.78 is 0. The summed E-state index contributed by atoms with van der Waals surface area (Å²) in [7, 11) is 0. The second-order valence-electron chi connectivity index (χ2n) is 5.05. The van der Waals surface area contributed by atoms with E-state index in [4.69, 9.17) is 11.6 Å². The summed E-state index contributed by atoms with van der Waals surface area (Å²) in [6.45, 7) is 0. The summed E-state index contributed by atoms with van der Waals surface area (Å²) in [6.07, 6.45) is 0.629. The van der Waals surface area contributed by atoms with Gasteiger partial charge in [0.25, 0.3) is 0 Å². The number of fused-ring (bicyclic) bond motifs is 1. The van der Waals surface area contributed by atoms with E-state index in [2.05, 4.69) is 24.3 Å². The van der Waals surface area contributed by atoms with Crippen molar-refractivity contribution < 1.29 is 0 Å². The van der Waals surface area contributed by atoms with Crippen LogP contribution < -0.4 is 0 Å². The summed E-state index contributed by atoms with van der Waals surface area (Å²) in [5, 5.41) is 12.6. The number of nitrogens with zero attached hydrogens (tertiary/aromatic N) is 1. The molecule has 0 heterocycles. The summed E-state index contributed by atoms with van der Waals surface area (Å²) in [5.74, 6) is -0.198. The molecule has 0 fully saturated rings. The molecule has 21 heavy (non-hydrogen) atoms. The highest BCUT2D eigenvalue weighted by atomic mass is 35.5. The second kappa shape index (κ2) is 5.99. The van der Waals surface area contributed by atoms with Gasteiger partial charge in [-0.1, -0.05) is 72.3 Å². The Labute approximate surface area is 129 Å². The highest BCUT2D eigenvalue weighted by Gasteiger charge is 2.15. The topological polar surface area (TPSA) is 23.8 Å². The molecule has 0 radical (unpaired) electrons. The molecular formula is C19H14ClN. The molecule has 1 unspecified atom stereocenters. The van der Waals surface area contributed by atoms with Crippen LogP contribution in [0.2, 0.25) is 5.02 Å². The minimum atomic E-state index is -0.198. The van der Waals surface area contributed by atoms with E-state index in [1.807, 2.05) is 48.5 Å². The average Bonchev–Trinajstić information content (AvgIpc) is 2.54. The van der Waals surface area contributed by atoms with Gasteiger partial charge in [0.05, 0.1) is 12.0 Å². The minimum Gasteiger partial charge on any atom is -0.198 e. The van der Waals surface area contributed by atoms with Crippen molar-refractivity contribution in [3.63, 3.8) is 0 Å². The fourth-order valence-corrected chi connectivity index (χ4v) is 2.88. The van der Waals surface area contributed by atoms with Crippen LogP contribution in [0.5, 0.6) is 0 Å². The molecule has 0 amide bonds. The van der Waals surface area contributed by atoms with Gasteiger partial charge in [0, 0.05) is 5.02 Å². The summed E-state index contributed by atoms with van der Waals surface area (Å²) in [4.78, 5) is 0. The third-order valence-corrected chi connectivity index (χ3v) is 4.11. The molecule has 0 N–H and O–H groups in total. The number of hydrogen-bond acceptors (Lipinski definition) is 1. The van der Waals surface area contributed by atoms with Gasteiger partial charge >= 0.3 is 0 Å². The lowest BCUT2D eigenvalue weighted by Gasteiger charge is -2.13. The summed E-state index contributed by atoms with van der Waals surface area (Å²) in [5.41, 5.74) is 2.08. The van der Waals surface area contributed by atoms with Gasteiger partial charge < -0.3 is 0 Å². The predicted molar refractivity (Wildman–Crippen MR) is 87.5 cm³/mol. The second-order valence-corrected chi connectivity index (χ2v) is 5.45. The Morgan fingerprint density at radius 1 is 0.905 bits per heavy atom. The van der Waals surface area contributed by atoms with E-state index in [1.165, 1.54) is 0 Å². The Hall–Kier alpha value is -2.30. The van der Waals surface area contributed by atoms with Crippen molar-refractivity contribution in [3.8, 4) is 6.07 Å². The van der Waals surface area contributed by atoms with Crippen molar-refractivity contribution in [1.82, 2.24) is 0 Å². The highest BCUT2D eigenvalue weighted by molar-refractivity contribution is 6.31. The lowest BCUT2D eigenvalue weighted by molar-refractivity contribution is 0.857. The lowest BCUT2D eigenvalue weighted by atomic mass is 9.89. The summed E-state index contributed by atoms with van der Waals surface area (Å²) in [6, 6.07) is 24.4. The fraction of sp³-hybridized carbons (Fsp3) is 0.105. The lowest BCUT2D eigenvalue weighted by Crippen LogP contribution is -2.02. The van der Waals surface area contributed by atoms with Gasteiger partial charge in [0.2, 0.25) is 0 Å². The van der Waals surface area contributed by atoms with Crippen molar-refractivity contribution in [3.05, 3.63) is 82.9 Å². The zero-order valence-electron chi connectivity index (χ0n) is 11.5. The fourth-order valence-electron chi connectivity index (χ4n) is 2.66. The van der Waals surface area contributed by atoms with Gasteiger partial charge in [-0.15, -0.1) is 0 Å². The van der Waals surface area contributed by atoms with Crippen LogP contribution in [0, 0.1) is 11.3 Å². The molecule has 0 aliphatic carbocycles. The van der Waals surface area contributed by atoms with Crippen molar-refractivity contribution in [2.45, 2.75) is 12.3 Å². The van der Waals surface area contributed by atoms with Crippen molar-refractivity contribution in [1.29, 1.82) is 5.26 Å². The Balaban J connectivity index is 2.04. The standard InChI is InChI=1S/C19H14ClN/c20-19-11-4-2-7-15(19)12-16(13-21)18-10-5-8-14-6-1-3-9-17(14)18/h1-11,16H,12H2. The molecule has 0 saturated heterocycles. The van der Waals surface area contributed by atoms with Crippen molar-refractivity contribution in [2.24, 2.45) is 0 Å². The van der Waals surface area contributed by atoms with Crippen LogP contribution in [0.1, 0.15) is 17.0 Å². The van der Waals surface area contributed by atoms with Crippen LogP contribution in [-0.2, 0) is 6.42 Å². The normalized spacial score (nSPS) is 12.0. The van der Waals surface area contributed by atoms with Crippen LogP contribution in [-0.4, -0.2) is 0 Å². The molecule has 0 aliphatic rings. The first-order valence-electron chi connectivity index (χ1n) is 6.90. The maximum atomic E-state index is 9.60. The van der Waals surface area contributed by atoms with E-state index in [0.717, 1.165) is 26.9 Å². The molecule has 1 nitrogen and oxygen atoms in total. The largest absolute Gasteiger partial charge is 0.198 e. The van der Waals surface area contributed by atoms with Gasteiger partial charge in [-0.3, -0.25) is 0 Å². The monoisotopic (exact) mass is 291 g/mol. The SMILES string of the molecule is N#CC(Cc1ccccc1Cl)c1cccc2ccccc12. The molecule has 3 aromatic carbocycles. The van der Waals surface area contributed by atoms with E-state index < -0.39 is 0 Å². The van der Waals surface area contributed by atoms with Crippen molar-refractivity contribution in [2.75, 3.05) is 0 Å². The molecule has 1 atom stereocenters. The van der Waals surface area contributed by atoms with Gasteiger partial charge in [-0.25, -0.2) is 0 Å². The molecule has 3 aromatic rings. The number of hydrogen-bond donors (Lipinski definition) is 0. The number of nitriles is 1. The van der Waals surface area contributed by atoms with Crippen LogP contribution in [0.3, 0.4) is 0 Å². The van der Waals surface area contributed by atoms with Crippen molar-refractivity contribution >= 4 is 22.4 Å². The van der Waals surface area contributed by atoms with Gasteiger partial charge in [-0.2, -0.15) is 5.26 Å². The first kappa shape index (κ1) is 13.7. The smallest absolute Gasteiger partial charge is 0.0759 e. The third-order valence-electron chi connectivity index (χ3n) is 3.74. The Morgan fingerprint density at radius 3 is 2.43 bits per heavy atom. The molecule has 0 bridgehead atoms. The zero-order valence-corrected chi connectivity index (χ0v) is 12.2. The van der Waals surface area contributed by atoms with Crippen LogP contribution in [0.15, 0.2) is 66.7 Å². The summed E-state index contributed by atoms with van der Waals surface area (Å²) >= 11 is 6.22. The van der Waals surface area contributed by atoms with Gasteiger partial charge in [0.1, 0.15) is 0 Å². The maximum absolute atomic E-state index is 9.60. The zero-order chi connectivity index (χ0) is 14.7. The van der Waals surface area contributed by atoms with E-state index >= 15 is 0 Å². The van der Waals surface area contributed by atoms with E-state index in [9.17, 15) is 5.26 Å².